The Morgan fingerprint density at radius 3 is 2.94 bits per heavy atom. The van der Waals surface area contributed by atoms with E-state index in [-0.39, 0.29) is 5.69 Å². The maximum atomic E-state index is 12.0. The summed E-state index contributed by atoms with van der Waals surface area (Å²) in [5.74, 6) is 2.21. The predicted octanol–water partition coefficient (Wildman–Crippen LogP) is 2.04. The van der Waals surface area contributed by atoms with Crippen LogP contribution in [0, 0.1) is 5.92 Å². The zero-order valence-corrected chi connectivity index (χ0v) is 11.1. The third kappa shape index (κ3) is 2.92. The van der Waals surface area contributed by atoms with Crippen LogP contribution in [0.4, 0.5) is 0 Å². The Kier molecular flexibility index (Phi) is 4.26. The van der Waals surface area contributed by atoms with Crippen LogP contribution in [0.3, 0.4) is 0 Å². The molecular weight excluding hydrogens is 238 g/mol. The molecule has 96 valence electrons. The minimum atomic E-state index is 0.0674. The molecule has 1 unspecified atom stereocenters. The van der Waals surface area contributed by atoms with Crippen molar-refractivity contribution in [3.8, 4) is 0 Å². The molecule has 1 aliphatic rings. The standard InChI is InChI=1S/C12H20ClN3O/c1-10(5-7-13)6-9-16-12(17)15-8-3-2-4-11(15)14-16/h10H,2-9H2,1H3. The van der Waals surface area contributed by atoms with Gasteiger partial charge in [-0.1, -0.05) is 6.92 Å². The van der Waals surface area contributed by atoms with Crippen LogP contribution in [0.5, 0.6) is 0 Å². The average molecular weight is 258 g/mol. The van der Waals surface area contributed by atoms with E-state index >= 15 is 0 Å². The van der Waals surface area contributed by atoms with E-state index in [1.807, 2.05) is 4.57 Å². The highest BCUT2D eigenvalue weighted by Gasteiger charge is 2.16. The van der Waals surface area contributed by atoms with E-state index in [0.717, 1.165) is 51.0 Å². The summed E-state index contributed by atoms with van der Waals surface area (Å²) in [6.45, 7) is 3.73. The van der Waals surface area contributed by atoms with Crippen molar-refractivity contribution in [1.82, 2.24) is 14.3 Å². The van der Waals surface area contributed by atoms with Gasteiger partial charge in [0.2, 0.25) is 0 Å². The van der Waals surface area contributed by atoms with Gasteiger partial charge in [0, 0.05) is 25.4 Å². The highest BCUT2D eigenvalue weighted by molar-refractivity contribution is 6.17. The molecule has 0 N–H and O–H groups in total. The van der Waals surface area contributed by atoms with Gasteiger partial charge in [-0.25, -0.2) is 9.48 Å². The van der Waals surface area contributed by atoms with Crippen LogP contribution >= 0.6 is 11.6 Å². The molecule has 1 atom stereocenters. The van der Waals surface area contributed by atoms with E-state index in [1.165, 1.54) is 0 Å². The number of hydrogen-bond acceptors (Lipinski definition) is 2. The molecular formula is C12H20ClN3O. The van der Waals surface area contributed by atoms with Crippen molar-refractivity contribution in [2.24, 2.45) is 5.92 Å². The SMILES string of the molecule is CC(CCCl)CCn1nc2n(c1=O)CCCC2. The van der Waals surface area contributed by atoms with Crippen LogP contribution in [0.2, 0.25) is 0 Å². The molecule has 2 rings (SSSR count). The van der Waals surface area contributed by atoms with E-state index in [2.05, 4.69) is 12.0 Å². The Balaban J connectivity index is 2.02. The largest absolute Gasteiger partial charge is 0.345 e. The lowest BCUT2D eigenvalue weighted by atomic mass is 10.1. The highest BCUT2D eigenvalue weighted by atomic mass is 35.5. The molecule has 0 saturated carbocycles. The number of hydrogen-bond donors (Lipinski definition) is 0. The number of rotatable bonds is 5. The molecule has 4 nitrogen and oxygen atoms in total. The number of aryl methyl sites for hydroxylation is 2. The molecule has 0 saturated heterocycles. The first-order chi connectivity index (χ1) is 8.22. The first-order valence-electron chi connectivity index (χ1n) is 6.45. The van der Waals surface area contributed by atoms with Crippen LogP contribution in [0.15, 0.2) is 4.79 Å². The quantitative estimate of drug-likeness (QED) is 0.758. The lowest BCUT2D eigenvalue weighted by molar-refractivity contribution is 0.440. The van der Waals surface area contributed by atoms with Crippen molar-refractivity contribution in [3.63, 3.8) is 0 Å². The second kappa shape index (κ2) is 5.71. The van der Waals surface area contributed by atoms with Crippen molar-refractivity contribution < 1.29 is 0 Å². The van der Waals surface area contributed by atoms with E-state index < -0.39 is 0 Å². The topological polar surface area (TPSA) is 39.8 Å². The summed E-state index contributed by atoms with van der Waals surface area (Å²) in [6.07, 6.45) is 5.17. The minimum Gasteiger partial charge on any atom is -0.279 e. The summed E-state index contributed by atoms with van der Waals surface area (Å²) in [4.78, 5) is 12.0. The molecule has 0 amide bonds. The summed E-state index contributed by atoms with van der Waals surface area (Å²) in [5.41, 5.74) is 0.0674. The fourth-order valence-electron chi connectivity index (χ4n) is 2.27. The summed E-state index contributed by atoms with van der Waals surface area (Å²) in [5, 5.41) is 4.42. The molecule has 0 bridgehead atoms. The van der Waals surface area contributed by atoms with Crippen molar-refractivity contribution in [3.05, 3.63) is 16.3 Å². The molecule has 0 fully saturated rings. The Morgan fingerprint density at radius 2 is 2.24 bits per heavy atom. The molecule has 0 aliphatic carbocycles. The van der Waals surface area contributed by atoms with Crippen molar-refractivity contribution in [1.29, 1.82) is 0 Å². The van der Waals surface area contributed by atoms with E-state index in [1.54, 1.807) is 4.68 Å². The van der Waals surface area contributed by atoms with Gasteiger partial charge in [-0.2, -0.15) is 5.10 Å². The van der Waals surface area contributed by atoms with Gasteiger partial charge in [0.15, 0.2) is 0 Å². The summed E-state index contributed by atoms with van der Waals surface area (Å²) in [6, 6.07) is 0. The lowest BCUT2D eigenvalue weighted by Crippen LogP contribution is -2.27. The van der Waals surface area contributed by atoms with Gasteiger partial charge in [0.05, 0.1) is 0 Å². The van der Waals surface area contributed by atoms with Gasteiger partial charge in [-0.3, -0.25) is 4.57 Å². The maximum absolute atomic E-state index is 12.0. The fourth-order valence-corrected chi connectivity index (χ4v) is 2.64. The van der Waals surface area contributed by atoms with Gasteiger partial charge >= 0.3 is 5.69 Å². The second-order valence-electron chi connectivity index (χ2n) is 4.90. The Bertz CT molecular complexity index is 424. The van der Waals surface area contributed by atoms with Crippen LogP contribution < -0.4 is 5.69 Å². The first-order valence-corrected chi connectivity index (χ1v) is 6.98. The van der Waals surface area contributed by atoms with Crippen LogP contribution in [-0.4, -0.2) is 20.2 Å². The van der Waals surface area contributed by atoms with Crippen molar-refractivity contribution >= 4 is 11.6 Å². The fraction of sp³-hybridized carbons (Fsp3) is 0.833. The third-order valence-corrected chi connectivity index (χ3v) is 3.69. The van der Waals surface area contributed by atoms with Crippen LogP contribution in [0.25, 0.3) is 0 Å². The molecule has 0 spiro atoms. The zero-order valence-electron chi connectivity index (χ0n) is 10.4. The van der Waals surface area contributed by atoms with Gasteiger partial charge in [-0.05, 0) is 31.6 Å². The number of aromatic nitrogens is 3. The molecule has 1 aromatic rings. The van der Waals surface area contributed by atoms with Gasteiger partial charge < -0.3 is 0 Å². The van der Waals surface area contributed by atoms with E-state index in [0.29, 0.717) is 11.8 Å². The van der Waals surface area contributed by atoms with Crippen LogP contribution in [0.1, 0.15) is 38.4 Å². The van der Waals surface area contributed by atoms with Gasteiger partial charge in [-0.15, -0.1) is 11.6 Å². The Hall–Kier alpha value is -0.770. The summed E-state index contributed by atoms with van der Waals surface area (Å²) >= 11 is 5.70. The minimum absolute atomic E-state index is 0.0674. The molecule has 5 heteroatoms. The predicted molar refractivity (Wildman–Crippen MR) is 68.5 cm³/mol. The maximum Gasteiger partial charge on any atom is 0.345 e. The summed E-state index contributed by atoms with van der Waals surface area (Å²) < 4.78 is 3.46. The Morgan fingerprint density at radius 1 is 1.41 bits per heavy atom. The lowest BCUT2D eigenvalue weighted by Gasteiger charge is -2.09. The Labute approximate surface area is 107 Å². The normalized spacial score (nSPS) is 16.8. The zero-order chi connectivity index (χ0) is 12.3. The monoisotopic (exact) mass is 257 g/mol. The van der Waals surface area contributed by atoms with Crippen LogP contribution in [-0.2, 0) is 19.5 Å². The number of alkyl halides is 1. The third-order valence-electron chi connectivity index (χ3n) is 3.47. The highest BCUT2D eigenvalue weighted by Crippen LogP contribution is 2.11. The number of nitrogens with zero attached hydrogens (tertiary/aromatic N) is 3. The summed E-state index contributed by atoms with van der Waals surface area (Å²) in [7, 11) is 0. The van der Waals surface area contributed by atoms with E-state index in [4.69, 9.17) is 11.6 Å². The molecule has 1 aromatic heterocycles. The van der Waals surface area contributed by atoms with Crippen molar-refractivity contribution in [2.75, 3.05) is 5.88 Å². The smallest absolute Gasteiger partial charge is 0.279 e. The molecule has 2 heterocycles. The number of halogens is 1. The number of fused-ring (bicyclic) bond motifs is 1. The molecule has 1 aliphatic heterocycles. The molecule has 0 radical (unpaired) electrons. The first kappa shape index (κ1) is 12.7. The van der Waals surface area contributed by atoms with Gasteiger partial charge in [0.1, 0.15) is 5.82 Å². The average Bonchev–Trinajstić information content (AvgIpc) is 2.65. The molecule has 17 heavy (non-hydrogen) atoms. The molecule has 0 aromatic carbocycles. The second-order valence-corrected chi connectivity index (χ2v) is 5.28. The van der Waals surface area contributed by atoms with E-state index in [9.17, 15) is 4.79 Å². The van der Waals surface area contributed by atoms with Crippen molar-refractivity contribution in [2.45, 2.75) is 52.1 Å². The van der Waals surface area contributed by atoms with Gasteiger partial charge in [0.25, 0.3) is 0 Å².